The zero-order valence-electron chi connectivity index (χ0n) is 15.7. The summed E-state index contributed by atoms with van der Waals surface area (Å²) in [5.74, 6) is 0.570. The molecule has 6 nitrogen and oxygen atoms in total. The van der Waals surface area contributed by atoms with Gasteiger partial charge in [-0.3, -0.25) is 4.79 Å². The van der Waals surface area contributed by atoms with Crippen LogP contribution in [0.4, 0.5) is 5.82 Å². The average molecular weight is 366 g/mol. The monoisotopic (exact) mass is 366 g/mol. The minimum Gasteiger partial charge on any atom is -0.507 e. The van der Waals surface area contributed by atoms with Gasteiger partial charge in [0.05, 0.1) is 0 Å². The maximum atomic E-state index is 12.0. The van der Waals surface area contributed by atoms with Gasteiger partial charge in [0.25, 0.3) is 0 Å². The zero-order valence-corrected chi connectivity index (χ0v) is 15.7. The molecule has 1 atom stereocenters. The van der Waals surface area contributed by atoms with E-state index in [1.807, 2.05) is 17.0 Å². The number of carbonyl (C=O) groups excluding carboxylic acids is 1. The number of aromatic hydroxyl groups is 1. The summed E-state index contributed by atoms with van der Waals surface area (Å²) in [7, 11) is 0. The second kappa shape index (κ2) is 6.87. The molecule has 6 N–H and O–H groups in total. The molecule has 1 unspecified atom stereocenters. The van der Waals surface area contributed by atoms with E-state index in [2.05, 4.69) is 25.4 Å². The maximum Gasteiger partial charge on any atom is 0.246 e. The molecule has 0 radical (unpaired) electrons. The van der Waals surface area contributed by atoms with Crippen LogP contribution in [0.25, 0.3) is 11.8 Å². The first-order valence-corrected chi connectivity index (χ1v) is 8.89. The van der Waals surface area contributed by atoms with Crippen molar-refractivity contribution in [2.75, 3.05) is 12.3 Å². The summed E-state index contributed by atoms with van der Waals surface area (Å²) in [5, 5.41) is 9.95. The van der Waals surface area contributed by atoms with Gasteiger partial charge >= 0.3 is 0 Å². The normalized spacial score (nSPS) is 18.8. The number of aromatic amines is 1. The first kappa shape index (κ1) is 18.6. The highest BCUT2D eigenvalue weighted by atomic mass is 16.3. The van der Waals surface area contributed by atoms with Gasteiger partial charge in [0.1, 0.15) is 11.6 Å². The lowest BCUT2D eigenvalue weighted by molar-refractivity contribution is -0.145. The number of likely N-dealkylation sites (tertiary alicyclic amines) is 1. The van der Waals surface area contributed by atoms with Crippen LogP contribution >= 0.6 is 0 Å². The number of hydrogen-bond donors (Lipinski definition) is 4. The molecule has 1 aliphatic heterocycles. The molecule has 142 valence electrons. The Morgan fingerprint density at radius 1 is 1.44 bits per heavy atom. The van der Waals surface area contributed by atoms with E-state index in [1.54, 1.807) is 24.3 Å². The Bertz CT molecular complexity index is 911. The third kappa shape index (κ3) is 3.56. The molecule has 1 aromatic carbocycles. The van der Waals surface area contributed by atoms with Crippen LogP contribution in [0.5, 0.6) is 5.75 Å². The lowest BCUT2D eigenvalue weighted by Crippen LogP contribution is -2.64. The third-order valence-corrected chi connectivity index (χ3v) is 5.19. The molecule has 0 spiro atoms. The second-order valence-corrected chi connectivity index (χ2v) is 7.66. The molecule has 0 aliphatic carbocycles. The highest BCUT2D eigenvalue weighted by molar-refractivity contribution is 5.88. The van der Waals surface area contributed by atoms with Gasteiger partial charge in [-0.05, 0) is 30.4 Å². The van der Waals surface area contributed by atoms with Gasteiger partial charge in [0.15, 0.2) is 0 Å². The van der Waals surface area contributed by atoms with Gasteiger partial charge in [0.2, 0.25) is 5.91 Å². The highest BCUT2D eigenvalue weighted by Gasteiger charge is 2.47. The molecule has 1 aliphatic rings. The van der Waals surface area contributed by atoms with Gasteiger partial charge in [0, 0.05) is 46.9 Å². The Morgan fingerprint density at radius 2 is 2.15 bits per heavy atom. The van der Waals surface area contributed by atoms with Crippen molar-refractivity contribution in [1.29, 1.82) is 0 Å². The molecule has 2 heterocycles. The number of nitrogen functional groups attached to an aromatic ring is 1. The molecule has 0 bridgehead atoms. The van der Waals surface area contributed by atoms with Gasteiger partial charge in [-0.15, -0.1) is 0 Å². The van der Waals surface area contributed by atoms with Crippen LogP contribution in [0.2, 0.25) is 0 Å². The number of benzene rings is 1. The molecule has 1 saturated heterocycles. The maximum absolute atomic E-state index is 12.0. The van der Waals surface area contributed by atoms with Crippen molar-refractivity contribution >= 4 is 23.5 Å². The molecular formula is C21H26N4O2. The molecule has 27 heavy (non-hydrogen) atoms. The number of H-pyrrole nitrogens is 1. The Hall–Kier alpha value is -3.15. The number of carbonyl (C=O) groups is 1. The van der Waals surface area contributed by atoms with Gasteiger partial charge < -0.3 is 26.5 Å². The van der Waals surface area contributed by atoms with E-state index in [0.29, 0.717) is 30.0 Å². The predicted molar refractivity (Wildman–Crippen MR) is 109 cm³/mol. The summed E-state index contributed by atoms with van der Waals surface area (Å²) in [5.41, 5.74) is 15.0. The highest BCUT2D eigenvalue weighted by Crippen LogP contribution is 2.39. The number of nitrogens with zero attached hydrogens (tertiary/aromatic N) is 1. The van der Waals surface area contributed by atoms with Crippen molar-refractivity contribution in [2.24, 2.45) is 11.1 Å². The quantitative estimate of drug-likeness (QED) is 0.610. The van der Waals surface area contributed by atoms with Gasteiger partial charge in [-0.1, -0.05) is 32.6 Å². The predicted octanol–water partition coefficient (Wildman–Crippen LogP) is 2.72. The summed E-state index contributed by atoms with van der Waals surface area (Å²) < 4.78 is 0. The standard InChI is InChI=1S/C21H26N4O2/c1-4-19(27)25-12-21(2,3)18(25)11-14-9-13(20(23)24-14)10-16(22)15-7-5-6-8-17(15)26/h4-10,18,24,26H,1,11-12,22-23H2,2-3H3/b16-10-. The molecule has 6 heteroatoms. The van der Waals surface area contributed by atoms with Crippen molar-refractivity contribution in [2.45, 2.75) is 26.3 Å². The number of aromatic nitrogens is 1. The summed E-state index contributed by atoms with van der Waals surface area (Å²) >= 11 is 0. The molecule has 0 saturated carbocycles. The number of phenols is 1. The van der Waals surface area contributed by atoms with E-state index < -0.39 is 0 Å². The molecule has 1 fully saturated rings. The third-order valence-electron chi connectivity index (χ3n) is 5.19. The Morgan fingerprint density at radius 3 is 2.78 bits per heavy atom. The van der Waals surface area contributed by atoms with E-state index in [4.69, 9.17) is 11.5 Å². The van der Waals surface area contributed by atoms with Crippen molar-refractivity contribution in [1.82, 2.24) is 9.88 Å². The summed E-state index contributed by atoms with van der Waals surface area (Å²) in [6, 6.07) is 8.91. The van der Waals surface area contributed by atoms with E-state index >= 15 is 0 Å². The number of phenolic OH excluding ortho intramolecular Hbond substituents is 1. The molecule has 1 amide bonds. The number of nitrogens with two attached hydrogens (primary N) is 2. The van der Waals surface area contributed by atoms with Crippen LogP contribution in [-0.2, 0) is 11.2 Å². The van der Waals surface area contributed by atoms with Crippen molar-refractivity contribution < 1.29 is 9.90 Å². The lowest BCUT2D eigenvalue weighted by atomic mass is 9.73. The fraction of sp³-hybridized carbons (Fsp3) is 0.286. The first-order chi connectivity index (χ1) is 12.7. The second-order valence-electron chi connectivity index (χ2n) is 7.66. The van der Waals surface area contributed by atoms with Crippen molar-refractivity contribution in [3.8, 4) is 5.75 Å². The van der Waals surface area contributed by atoms with E-state index in [-0.39, 0.29) is 23.1 Å². The van der Waals surface area contributed by atoms with Crippen LogP contribution < -0.4 is 11.5 Å². The summed E-state index contributed by atoms with van der Waals surface area (Å²) in [4.78, 5) is 17.0. The number of anilines is 1. The number of hydrogen-bond acceptors (Lipinski definition) is 4. The lowest BCUT2D eigenvalue weighted by Gasteiger charge is -2.54. The topological polar surface area (TPSA) is 108 Å². The van der Waals surface area contributed by atoms with E-state index in [9.17, 15) is 9.90 Å². The summed E-state index contributed by atoms with van der Waals surface area (Å²) in [6.07, 6.45) is 3.76. The van der Waals surface area contributed by atoms with Crippen molar-refractivity contribution in [3.63, 3.8) is 0 Å². The average Bonchev–Trinajstić information content (AvgIpc) is 2.97. The summed E-state index contributed by atoms with van der Waals surface area (Å²) in [6.45, 7) is 8.59. The number of nitrogens with one attached hydrogen (secondary N) is 1. The Balaban J connectivity index is 1.82. The minimum atomic E-state index is -0.0530. The number of rotatable bonds is 5. The first-order valence-electron chi connectivity index (χ1n) is 8.89. The van der Waals surface area contributed by atoms with Crippen LogP contribution in [0, 0.1) is 5.41 Å². The van der Waals surface area contributed by atoms with Crippen LogP contribution in [0.3, 0.4) is 0 Å². The van der Waals surface area contributed by atoms with Crippen LogP contribution in [0.15, 0.2) is 43.0 Å². The molecule has 2 aromatic rings. The van der Waals surface area contributed by atoms with Crippen LogP contribution in [-0.4, -0.2) is 33.5 Å². The number of amides is 1. The Labute approximate surface area is 159 Å². The van der Waals surface area contributed by atoms with Crippen LogP contribution in [0.1, 0.15) is 30.7 Å². The fourth-order valence-corrected chi connectivity index (χ4v) is 3.65. The van der Waals surface area contributed by atoms with Crippen molar-refractivity contribution in [3.05, 3.63) is 59.8 Å². The minimum absolute atomic E-state index is 0.0312. The number of para-hydroxylation sites is 1. The largest absolute Gasteiger partial charge is 0.507 e. The smallest absolute Gasteiger partial charge is 0.246 e. The SMILES string of the molecule is C=CC(=O)N1CC(C)(C)C1Cc1cc(/C=C(\N)c2ccccc2O)c(N)[nH]1. The molecular weight excluding hydrogens is 340 g/mol. The molecule has 3 rings (SSSR count). The zero-order chi connectivity index (χ0) is 19.8. The van der Waals surface area contributed by atoms with E-state index in [0.717, 1.165) is 11.3 Å². The van der Waals surface area contributed by atoms with Gasteiger partial charge in [-0.2, -0.15) is 0 Å². The fourth-order valence-electron chi connectivity index (χ4n) is 3.65. The Kier molecular flexibility index (Phi) is 4.74. The molecule has 1 aromatic heterocycles. The van der Waals surface area contributed by atoms with E-state index in [1.165, 1.54) is 6.08 Å². The van der Waals surface area contributed by atoms with Gasteiger partial charge in [-0.25, -0.2) is 0 Å².